The van der Waals surface area contributed by atoms with Gasteiger partial charge < -0.3 is 19.5 Å². The van der Waals surface area contributed by atoms with Gasteiger partial charge >= 0.3 is 6.16 Å². The molecule has 174 valence electrons. The van der Waals surface area contributed by atoms with Crippen LogP contribution in [0.2, 0.25) is 0 Å². The molecule has 0 spiro atoms. The number of aryl methyl sites for hydroxylation is 3. The summed E-state index contributed by atoms with van der Waals surface area (Å²) in [4.78, 5) is 33.5. The molecule has 1 amide bonds. The predicted molar refractivity (Wildman–Crippen MR) is 120 cm³/mol. The van der Waals surface area contributed by atoms with Gasteiger partial charge in [-0.05, 0) is 39.8 Å². The molecular formula is C23H27N5O5. The Morgan fingerprint density at radius 2 is 1.88 bits per heavy atom. The Bertz CT molecular complexity index is 1150. The highest BCUT2D eigenvalue weighted by molar-refractivity contribution is 5.96. The van der Waals surface area contributed by atoms with Gasteiger partial charge in [-0.3, -0.25) is 4.79 Å². The summed E-state index contributed by atoms with van der Waals surface area (Å²) in [5, 5.41) is 7.26. The molecule has 0 bridgehead atoms. The summed E-state index contributed by atoms with van der Waals surface area (Å²) in [6, 6.07) is 7.07. The van der Waals surface area contributed by atoms with Crippen molar-refractivity contribution >= 4 is 12.1 Å². The maximum absolute atomic E-state index is 13.0. The summed E-state index contributed by atoms with van der Waals surface area (Å²) in [5.74, 6) is 0.567. The van der Waals surface area contributed by atoms with Crippen LogP contribution in [-0.2, 0) is 11.8 Å². The Morgan fingerprint density at radius 3 is 2.52 bits per heavy atom. The number of amides is 1. The number of aromatic nitrogens is 4. The third kappa shape index (κ3) is 5.46. The molecule has 1 atom stereocenters. The first kappa shape index (κ1) is 23.7. The van der Waals surface area contributed by atoms with Crippen molar-refractivity contribution in [1.29, 1.82) is 0 Å². The third-order valence-corrected chi connectivity index (χ3v) is 4.75. The molecule has 10 heteroatoms. The average Bonchev–Trinajstić information content (AvgIpc) is 3.15. The Labute approximate surface area is 191 Å². The van der Waals surface area contributed by atoms with Crippen LogP contribution in [0.15, 0.2) is 30.5 Å². The van der Waals surface area contributed by atoms with Crippen LogP contribution in [-0.4, -0.2) is 45.5 Å². The van der Waals surface area contributed by atoms with Crippen molar-refractivity contribution in [1.82, 2.24) is 25.1 Å². The molecule has 2 aromatic heterocycles. The van der Waals surface area contributed by atoms with Gasteiger partial charge in [0.25, 0.3) is 5.91 Å². The zero-order valence-corrected chi connectivity index (χ0v) is 19.5. The first-order chi connectivity index (χ1) is 15.7. The fraction of sp³-hybridized carbons (Fsp3) is 0.348. The van der Waals surface area contributed by atoms with E-state index >= 15 is 0 Å². The molecule has 10 nitrogen and oxygen atoms in total. The van der Waals surface area contributed by atoms with Crippen molar-refractivity contribution in [3.63, 3.8) is 0 Å². The molecule has 1 aromatic carbocycles. The van der Waals surface area contributed by atoms with Crippen molar-refractivity contribution in [2.24, 2.45) is 7.05 Å². The third-order valence-electron chi connectivity index (χ3n) is 4.75. The lowest BCUT2D eigenvalue weighted by Gasteiger charge is -2.14. The fourth-order valence-electron chi connectivity index (χ4n) is 3.35. The number of hydrogen-bond donors (Lipinski definition) is 1. The quantitative estimate of drug-likeness (QED) is 0.540. The molecule has 0 aliphatic carbocycles. The van der Waals surface area contributed by atoms with Gasteiger partial charge in [0.15, 0.2) is 23.1 Å². The van der Waals surface area contributed by atoms with E-state index < -0.39 is 18.1 Å². The van der Waals surface area contributed by atoms with E-state index in [0.29, 0.717) is 11.6 Å². The number of methoxy groups -OCH3 is 1. The van der Waals surface area contributed by atoms with E-state index in [1.807, 2.05) is 26.0 Å². The zero-order valence-electron chi connectivity index (χ0n) is 19.5. The molecule has 0 unspecified atom stereocenters. The van der Waals surface area contributed by atoms with Crippen molar-refractivity contribution < 1.29 is 23.8 Å². The van der Waals surface area contributed by atoms with E-state index in [4.69, 9.17) is 14.2 Å². The maximum Gasteiger partial charge on any atom is 0.514 e. The number of pyridine rings is 1. The minimum Gasteiger partial charge on any atom is -0.493 e. The SMILES string of the molecule is CCOC(=O)Oc1c(OC)ccnc1C(=O)N[C@@H](C)c1nc(-c2cc(C)cc(C)c2)n(C)n1. The van der Waals surface area contributed by atoms with Crippen LogP contribution in [0.25, 0.3) is 11.4 Å². The number of hydrogen-bond acceptors (Lipinski definition) is 8. The second-order valence-electron chi connectivity index (χ2n) is 7.46. The average molecular weight is 453 g/mol. The molecule has 0 saturated heterocycles. The van der Waals surface area contributed by atoms with Crippen LogP contribution in [0, 0.1) is 13.8 Å². The van der Waals surface area contributed by atoms with Crippen LogP contribution in [0.1, 0.15) is 47.3 Å². The lowest BCUT2D eigenvalue weighted by molar-refractivity contribution is 0.0915. The lowest BCUT2D eigenvalue weighted by atomic mass is 10.1. The highest BCUT2D eigenvalue weighted by Gasteiger charge is 2.25. The van der Waals surface area contributed by atoms with E-state index in [2.05, 4.69) is 26.4 Å². The van der Waals surface area contributed by atoms with E-state index in [1.54, 1.807) is 25.6 Å². The molecule has 3 aromatic rings. The number of carbonyl (C=O) groups is 2. The first-order valence-electron chi connectivity index (χ1n) is 10.4. The van der Waals surface area contributed by atoms with Gasteiger partial charge in [0.05, 0.1) is 19.8 Å². The second-order valence-corrected chi connectivity index (χ2v) is 7.46. The molecule has 3 rings (SSSR count). The van der Waals surface area contributed by atoms with Crippen molar-refractivity contribution in [2.45, 2.75) is 33.7 Å². The summed E-state index contributed by atoms with van der Waals surface area (Å²) in [6.07, 6.45) is 0.420. The minimum absolute atomic E-state index is 0.119. The summed E-state index contributed by atoms with van der Waals surface area (Å²) >= 11 is 0. The molecular weight excluding hydrogens is 426 g/mol. The summed E-state index contributed by atoms with van der Waals surface area (Å²) < 4.78 is 16.9. The van der Waals surface area contributed by atoms with Crippen LogP contribution >= 0.6 is 0 Å². The normalized spacial score (nSPS) is 11.6. The summed E-state index contributed by atoms with van der Waals surface area (Å²) in [6.45, 7) is 7.56. The van der Waals surface area contributed by atoms with E-state index in [0.717, 1.165) is 16.7 Å². The summed E-state index contributed by atoms with van der Waals surface area (Å²) in [5.41, 5.74) is 3.05. The van der Waals surface area contributed by atoms with Crippen LogP contribution in [0.3, 0.4) is 0 Å². The molecule has 0 saturated carbocycles. The topological polar surface area (TPSA) is 117 Å². The zero-order chi connectivity index (χ0) is 24.1. The van der Waals surface area contributed by atoms with Gasteiger partial charge in [-0.15, -0.1) is 0 Å². The molecule has 0 radical (unpaired) electrons. The molecule has 33 heavy (non-hydrogen) atoms. The summed E-state index contributed by atoms with van der Waals surface area (Å²) in [7, 11) is 3.19. The second kappa shape index (κ2) is 10.1. The van der Waals surface area contributed by atoms with E-state index in [1.165, 1.54) is 19.4 Å². The van der Waals surface area contributed by atoms with Gasteiger partial charge in [-0.25, -0.2) is 19.4 Å². The molecule has 0 fully saturated rings. The highest BCUT2D eigenvalue weighted by Crippen LogP contribution is 2.30. The van der Waals surface area contributed by atoms with Gasteiger partial charge in [0.2, 0.25) is 5.75 Å². The molecule has 1 N–H and O–H groups in total. The maximum atomic E-state index is 13.0. The Kier molecular flexibility index (Phi) is 7.27. The number of nitrogens with one attached hydrogen (secondary N) is 1. The van der Waals surface area contributed by atoms with Crippen LogP contribution in [0.4, 0.5) is 4.79 Å². The fourth-order valence-corrected chi connectivity index (χ4v) is 3.35. The first-order valence-corrected chi connectivity index (χ1v) is 10.4. The Morgan fingerprint density at radius 1 is 1.18 bits per heavy atom. The molecule has 0 aliphatic rings. The van der Waals surface area contributed by atoms with E-state index in [9.17, 15) is 9.59 Å². The van der Waals surface area contributed by atoms with Crippen molar-refractivity contribution in [3.05, 3.63) is 53.1 Å². The van der Waals surface area contributed by atoms with Crippen LogP contribution in [0.5, 0.6) is 11.5 Å². The minimum atomic E-state index is -0.963. The van der Waals surface area contributed by atoms with Crippen molar-refractivity contribution in [2.75, 3.05) is 13.7 Å². The predicted octanol–water partition coefficient (Wildman–Crippen LogP) is 3.53. The molecule has 0 aliphatic heterocycles. The molecule has 2 heterocycles. The number of rotatable bonds is 7. The largest absolute Gasteiger partial charge is 0.514 e. The Balaban J connectivity index is 1.85. The Hall–Kier alpha value is -3.95. The number of carbonyl (C=O) groups excluding carboxylic acids is 2. The number of ether oxygens (including phenoxy) is 3. The lowest BCUT2D eigenvalue weighted by Crippen LogP contribution is -2.29. The van der Waals surface area contributed by atoms with Crippen LogP contribution < -0.4 is 14.8 Å². The number of benzene rings is 1. The monoisotopic (exact) mass is 453 g/mol. The van der Waals surface area contributed by atoms with E-state index in [-0.39, 0.29) is 23.8 Å². The van der Waals surface area contributed by atoms with Crippen molar-refractivity contribution in [3.8, 4) is 22.9 Å². The standard InChI is InChI=1S/C23H27N5O5/c1-7-32-23(30)33-19-17(31-6)8-9-24-18(19)22(29)25-15(4)20-26-21(28(5)27-20)16-11-13(2)10-14(3)12-16/h8-12,15H,7H2,1-6H3,(H,25,29)/t15-/m0/s1. The number of nitrogens with zero attached hydrogens (tertiary/aromatic N) is 4. The van der Waals surface area contributed by atoms with Gasteiger partial charge in [-0.1, -0.05) is 17.2 Å². The van der Waals surface area contributed by atoms with Gasteiger partial charge in [0.1, 0.15) is 0 Å². The van der Waals surface area contributed by atoms with Gasteiger partial charge in [-0.2, -0.15) is 5.10 Å². The smallest absolute Gasteiger partial charge is 0.493 e. The highest BCUT2D eigenvalue weighted by atomic mass is 16.7. The van der Waals surface area contributed by atoms with Gasteiger partial charge in [0, 0.05) is 24.9 Å².